The molecule has 0 saturated carbocycles. The third-order valence-corrected chi connectivity index (χ3v) is 1.52. The molecule has 62 valence electrons. The second-order valence-corrected chi connectivity index (χ2v) is 2.53. The van der Waals surface area contributed by atoms with Gasteiger partial charge in [-0.15, -0.1) is 0 Å². The number of aryl methyl sites for hydroxylation is 1. The van der Waals surface area contributed by atoms with Gasteiger partial charge >= 0.3 is 0 Å². The molecular weight excluding hydrogens is 150 g/mol. The van der Waals surface area contributed by atoms with Crippen LogP contribution in [0.25, 0.3) is 6.08 Å². The minimum atomic E-state index is 0.644. The fourth-order valence-electron chi connectivity index (χ4n) is 0.861. The third-order valence-electron chi connectivity index (χ3n) is 1.52. The van der Waals surface area contributed by atoms with E-state index in [0.717, 1.165) is 5.56 Å². The summed E-state index contributed by atoms with van der Waals surface area (Å²) in [6, 6.07) is 8.05. The first-order valence-corrected chi connectivity index (χ1v) is 3.76. The zero-order chi connectivity index (χ0) is 8.81. The van der Waals surface area contributed by atoms with Crippen LogP contribution in [0.15, 0.2) is 30.5 Å². The summed E-state index contributed by atoms with van der Waals surface area (Å²) in [4.78, 5) is 9.89. The van der Waals surface area contributed by atoms with Crippen LogP contribution in [0, 0.1) is 6.92 Å². The monoisotopic (exact) mass is 161 g/mol. The van der Waals surface area contributed by atoms with Gasteiger partial charge in [0, 0.05) is 6.20 Å². The van der Waals surface area contributed by atoms with Crippen LogP contribution in [-0.2, 0) is 4.79 Å². The minimum Gasteiger partial charge on any atom is -0.335 e. The maximum atomic E-state index is 9.89. The van der Waals surface area contributed by atoms with Crippen molar-refractivity contribution in [3.63, 3.8) is 0 Å². The van der Waals surface area contributed by atoms with Gasteiger partial charge < -0.3 is 5.32 Å². The van der Waals surface area contributed by atoms with Crippen LogP contribution in [-0.4, -0.2) is 6.41 Å². The Hall–Kier alpha value is -1.57. The average Bonchev–Trinajstić information content (AvgIpc) is 2.09. The Labute approximate surface area is 71.9 Å². The number of hydrogen-bond donors (Lipinski definition) is 1. The van der Waals surface area contributed by atoms with Gasteiger partial charge in [0.1, 0.15) is 0 Å². The molecule has 12 heavy (non-hydrogen) atoms. The lowest BCUT2D eigenvalue weighted by Gasteiger charge is -1.93. The Morgan fingerprint density at radius 2 is 1.92 bits per heavy atom. The average molecular weight is 161 g/mol. The maximum absolute atomic E-state index is 9.89. The predicted octanol–water partition coefficient (Wildman–Crippen LogP) is 1.71. The normalized spacial score (nSPS) is 10.1. The van der Waals surface area contributed by atoms with Crippen LogP contribution in [0.1, 0.15) is 11.1 Å². The molecule has 0 fully saturated rings. The van der Waals surface area contributed by atoms with Crippen LogP contribution >= 0.6 is 0 Å². The van der Waals surface area contributed by atoms with Crippen LogP contribution in [0.5, 0.6) is 0 Å². The molecule has 1 aromatic rings. The van der Waals surface area contributed by atoms with Crippen LogP contribution in [0.2, 0.25) is 0 Å². The van der Waals surface area contributed by atoms with Gasteiger partial charge in [0.15, 0.2) is 0 Å². The van der Waals surface area contributed by atoms with Crippen molar-refractivity contribution in [2.24, 2.45) is 0 Å². The van der Waals surface area contributed by atoms with E-state index < -0.39 is 0 Å². The van der Waals surface area contributed by atoms with Crippen molar-refractivity contribution < 1.29 is 4.79 Å². The molecule has 1 N–H and O–H groups in total. The molecule has 0 aliphatic heterocycles. The number of amides is 1. The van der Waals surface area contributed by atoms with E-state index in [9.17, 15) is 4.79 Å². The summed E-state index contributed by atoms with van der Waals surface area (Å²) in [7, 11) is 0. The lowest BCUT2D eigenvalue weighted by atomic mass is 10.1. The van der Waals surface area contributed by atoms with Gasteiger partial charge in [-0.25, -0.2) is 0 Å². The summed E-state index contributed by atoms with van der Waals surface area (Å²) in [6.07, 6.45) is 4.09. The molecule has 0 bridgehead atoms. The lowest BCUT2D eigenvalue weighted by molar-refractivity contribution is -0.108. The number of hydrogen-bond acceptors (Lipinski definition) is 1. The predicted molar refractivity (Wildman–Crippen MR) is 49.4 cm³/mol. The van der Waals surface area contributed by atoms with E-state index in [-0.39, 0.29) is 0 Å². The molecule has 1 aromatic carbocycles. The molecule has 0 atom stereocenters. The summed E-state index contributed by atoms with van der Waals surface area (Å²) in [5, 5.41) is 2.45. The highest BCUT2D eigenvalue weighted by Crippen LogP contribution is 2.03. The number of carbonyl (C=O) groups is 1. The van der Waals surface area contributed by atoms with Gasteiger partial charge in [-0.2, -0.15) is 0 Å². The Morgan fingerprint density at radius 1 is 1.25 bits per heavy atom. The van der Waals surface area contributed by atoms with Gasteiger partial charge in [-0.3, -0.25) is 4.79 Å². The number of rotatable bonds is 3. The SMILES string of the molecule is Cc1ccc(C=CNC=O)cc1. The molecule has 0 aliphatic carbocycles. The first-order chi connectivity index (χ1) is 5.83. The fourth-order valence-corrected chi connectivity index (χ4v) is 0.861. The zero-order valence-corrected chi connectivity index (χ0v) is 6.95. The number of nitrogens with one attached hydrogen (secondary N) is 1. The van der Waals surface area contributed by atoms with E-state index in [1.165, 1.54) is 5.56 Å². The van der Waals surface area contributed by atoms with Gasteiger partial charge in [-0.1, -0.05) is 29.8 Å². The van der Waals surface area contributed by atoms with Crippen molar-refractivity contribution in [1.82, 2.24) is 5.32 Å². The highest BCUT2D eigenvalue weighted by molar-refractivity contribution is 5.55. The fraction of sp³-hybridized carbons (Fsp3) is 0.100. The molecule has 2 nitrogen and oxygen atoms in total. The molecule has 1 amide bonds. The van der Waals surface area contributed by atoms with Crippen LogP contribution in [0.3, 0.4) is 0 Å². The van der Waals surface area contributed by atoms with Crippen molar-refractivity contribution >= 4 is 12.5 Å². The summed E-state index contributed by atoms with van der Waals surface area (Å²) in [5.74, 6) is 0. The molecule has 2 heteroatoms. The molecule has 0 aromatic heterocycles. The topological polar surface area (TPSA) is 29.1 Å². The Morgan fingerprint density at radius 3 is 2.50 bits per heavy atom. The molecular formula is C10H11NO. The Kier molecular flexibility index (Phi) is 3.08. The summed E-state index contributed by atoms with van der Waals surface area (Å²) >= 11 is 0. The molecule has 0 unspecified atom stereocenters. The van der Waals surface area contributed by atoms with Crippen molar-refractivity contribution in [1.29, 1.82) is 0 Å². The summed E-state index contributed by atoms with van der Waals surface area (Å²) in [6.45, 7) is 2.04. The standard InChI is InChI=1S/C10H11NO/c1-9-2-4-10(5-3-9)6-7-11-8-12/h2-8H,1H3,(H,11,12). The third kappa shape index (κ3) is 2.58. The number of carbonyl (C=O) groups excluding carboxylic acids is 1. The Balaban J connectivity index is 2.64. The molecule has 0 radical (unpaired) electrons. The van der Waals surface area contributed by atoms with Crippen molar-refractivity contribution in [2.45, 2.75) is 6.92 Å². The van der Waals surface area contributed by atoms with E-state index >= 15 is 0 Å². The maximum Gasteiger partial charge on any atom is 0.211 e. The van der Waals surface area contributed by atoms with Gasteiger partial charge in [0.2, 0.25) is 6.41 Å². The summed E-state index contributed by atoms with van der Waals surface area (Å²) in [5.41, 5.74) is 2.31. The first kappa shape index (κ1) is 8.53. The smallest absolute Gasteiger partial charge is 0.211 e. The quantitative estimate of drug-likeness (QED) is 0.672. The largest absolute Gasteiger partial charge is 0.335 e. The highest BCUT2D eigenvalue weighted by Gasteiger charge is 1.84. The number of benzene rings is 1. The molecule has 0 saturated heterocycles. The second-order valence-electron chi connectivity index (χ2n) is 2.53. The molecule has 0 aliphatic rings. The first-order valence-electron chi connectivity index (χ1n) is 3.76. The summed E-state index contributed by atoms with van der Waals surface area (Å²) < 4.78 is 0. The Bertz CT molecular complexity index is 274. The van der Waals surface area contributed by atoms with Gasteiger partial charge in [-0.05, 0) is 18.6 Å². The van der Waals surface area contributed by atoms with E-state index in [0.29, 0.717) is 6.41 Å². The molecule has 1 rings (SSSR count). The van der Waals surface area contributed by atoms with E-state index in [1.807, 2.05) is 37.3 Å². The van der Waals surface area contributed by atoms with Crippen LogP contribution in [0.4, 0.5) is 0 Å². The van der Waals surface area contributed by atoms with Crippen LogP contribution < -0.4 is 5.32 Å². The van der Waals surface area contributed by atoms with Gasteiger partial charge in [0.25, 0.3) is 0 Å². The highest BCUT2D eigenvalue weighted by atomic mass is 16.1. The van der Waals surface area contributed by atoms with Crippen molar-refractivity contribution in [2.75, 3.05) is 0 Å². The lowest BCUT2D eigenvalue weighted by Crippen LogP contribution is -1.97. The second kappa shape index (κ2) is 4.34. The van der Waals surface area contributed by atoms with E-state index in [1.54, 1.807) is 6.20 Å². The van der Waals surface area contributed by atoms with Crippen molar-refractivity contribution in [3.05, 3.63) is 41.6 Å². The van der Waals surface area contributed by atoms with Crippen molar-refractivity contribution in [3.8, 4) is 0 Å². The zero-order valence-electron chi connectivity index (χ0n) is 6.95. The molecule has 0 spiro atoms. The van der Waals surface area contributed by atoms with E-state index in [2.05, 4.69) is 5.32 Å². The minimum absolute atomic E-state index is 0.644. The molecule has 0 heterocycles. The van der Waals surface area contributed by atoms with Gasteiger partial charge in [0.05, 0.1) is 0 Å². The van der Waals surface area contributed by atoms with E-state index in [4.69, 9.17) is 0 Å².